The Morgan fingerprint density at radius 1 is 1.19 bits per heavy atom. The number of hydrogen-bond donors (Lipinski definition) is 1. The van der Waals surface area contributed by atoms with Gasteiger partial charge < -0.3 is 14.8 Å². The number of esters is 1. The number of ether oxygens (including phenoxy) is 2. The number of nitro benzene ring substituents is 1. The van der Waals surface area contributed by atoms with E-state index in [-0.39, 0.29) is 17.1 Å². The molecule has 0 atom stereocenters. The lowest BCUT2D eigenvalue weighted by Crippen LogP contribution is -2.28. The second-order valence-electron chi connectivity index (χ2n) is 6.21. The summed E-state index contributed by atoms with van der Waals surface area (Å²) < 4.78 is 10.3. The third-order valence-electron chi connectivity index (χ3n) is 4.47. The third kappa shape index (κ3) is 3.89. The first-order valence-electron chi connectivity index (χ1n) is 8.31. The Hall–Kier alpha value is -3.42. The van der Waals surface area contributed by atoms with Crippen molar-refractivity contribution in [3.8, 4) is 5.75 Å². The second-order valence-corrected chi connectivity index (χ2v) is 6.21. The van der Waals surface area contributed by atoms with Crippen LogP contribution in [0.15, 0.2) is 48.5 Å². The molecule has 1 N–H and O–H groups in total. The molecule has 1 saturated carbocycles. The van der Waals surface area contributed by atoms with Gasteiger partial charge in [0, 0.05) is 12.1 Å². The zero-order valence-corrected chi connectivity index (χ0v) is 14.6. The van der Waals surface area contributed by atoms with Crippen molar-refractivity contribution in [3.63, 3.8) is 0 Å². The van der Waals surface area contributed by atoms with E-state index >= 15 is 0 Å². The van der Waals surface area contributed by atoms with E-state index in [4.69, 9.17) is 9.47 Å². The molecule has 0 unspecified atom stereocenters. The molecule has 0 saturated heterocycles. The summed E-state index contributed by atoms with van der Waals surface area (Å²) in [6.07, 6.45) is 1.35. The predicted octanol–water partition coefficient (Wildman–Crippen LogP) is 2.82. The minimum atomic E-state index is -0.676. The van der Waals surface area contributed by atoms with Gasteiger partial charge in [-0.05, 0) is 24.5 Å². The highest BCUT2D eigenvalue weighted by atomic mass is 16.6. The van der Waals surface area contributed by atoms with E-state index in [0.717, 1.165) is 5.56 Å². The minimum absolute atomic E-state index is 0.136. The summed E-state index contributed by atoms with van der Waals surface area (Å²) in [4.78, 5) is 34.9. The van der Waals surface area contributed by atoms with E-state index in [1.54, 1.807) is 0 Å². The number of anilines is 1. The number of rotatable bonds is 7. The van der Waals surface area contributed by atoms with E-state index in [2.05, 4.69) is 5.32 Å². The van der Waals surface area contributed by atoms with Crippen LogP contribution in [-0.2, 0) is 19.7 Å². The van der Waals surface area contributed by atoms with Crippen LogP contribution < -0.4 is 10.1 Å². The van der Waals surface area contributed by atoms with Crippen molar-refractivity contribution in [3.05, 3.63) is 64.2 Å². The van der Waals surface area contributed by atoms with Gasteiger partial charge in [-0.2, -0.15) is 0 Å². The molecule has 3 rings (SSSR count). The molecule has 1 aliphatic rings. The van der Waals surface area contributed by atoms with Crippen LogP contribution >= 0.6 is 0 Å². The fraction of sp³-hybridized carbons (Fsp3) is 0.263. The summed E-state index contributed by atoms with van der Waals surface area (Å²) >= 11 is 0. The maximum Gasteiger partial charge on any atom is 0.317 e. The van der Waals surface area contributed by atoms with Crippen LogP contribution in [0, 0.1) is 10.1 Å². The molecule has 140 valence electrons. The molecule has 1 fully saturated rings. The molecule has 8 heteroatoms. The summed E-state index contributed by atoms with van der Waals surface area (Å²) in [5.74, 6) is -0.788. The van der Waals surface area contributed by atoms with Gasteiger partial charge in [0.1, 0.15) is 5.75 Å². The fourth-order valence-corrected chi connectivity index (χ4v) is 2.86. The second kappa shape index (κ2) is 7.45. The van der Waals surface area contributed by atoms with Gasteiger partial charge in [-0.15, -0.1) is 0 Å². The highest BCUT2D eigenvalue weighted by Crippen LogP contribution is 2.49. The van der Waals surface area contributed by atoms with Crippen LogP contribution in [0.25, 0.3) is 0 Å². The van der Waals surface area contributed by atoms with Crippen molar-refractivity contribution in [2.45, 2.75) is 18.3 Å². The first-order chi connectivity index (χ1) is 13.0. The molecule has 0 aliphatic heterocycles. The SMILES string of the molecule is COc1ccc([N+](=O)[O-])cc1NC(=O)COC(=O)C1(c2ccccc2)CC1. The number of non-ortho nitro benzene ring substituents is 1. The van der Waals surface area contributed by atoms with Crippen molar-refractivity contribution in [1.29, 1.82) is 0 Å². The van der Waals surface area contributed by atoms with Crippen LogP contribution in [0.4, 0.5) is 11.4 Å². The average molecular weight is 370 g/mol. The summed E-state index contributed by atoms with van der Waals surface area (Å²) in [6.45, 7) is -0.487. The smallest absolute Gasteiger partial charge is 0.317 e. The van der Waals surface area contributed by atoms with Crippen LogP contribution in [0.3, 0.4) is 0 Å². The number of nitrogens with zero attached hydrogens (tertiary/aromatic N) is 1. The lowest BCUT2D eigenvalue weighted by atomic mass is 9.96. The normalized spacial score (nSPS) is 14.1. The number of hydrogen-bond acceptors (Lipinski definition) is 6. The van der Waals surface area contributed by atoms with Crippen molar-refractivity contribution < 1.29 is 24.0 Å². The number of nitro groups is 1. The van der Waals surface area contributed by atoms with Crippen molar-refractivity contribution in [2.24, 2.45) is 0 Å². The van der Waals surface area contributed by atoms with Gasteiger partial charge in [0.2, 0.25) is 0 Å². The first kappa shape index (κ1) is 18.4. The molecule has 2 aromatic rings. The quantitative estimate of drug-likeness (QED) is 0.456. The maximum absolute atomic E-state index is 12.4. The van der Waals surface area contributed by atoms with Gasteiger partial charge >= 0.3 is 5.97 Å². The molecule has 1 amide bonds. The molecular weight excluding hydrogens is 352 g/mol. The molecule has 27 heavy (non-hydrogen) atoms. The highest BCUT2D eigenvalue weighted by Gasteiger charge is 2.52. The fourth-order valence-electron chi connectivity index (χ4n) is 2.86. The van der Waals surface area contributed by atoms with Crippen LogP contribution in [0.5, 0.6) is 5.75 Å². The molecular formula is C19H18N2O6. The minimum Gasteiger partial charge on any atom is -0.495 e. The molecule has 0 radical (unpaired) electrons. The molecule has 1 aliphatic carbocycles. The summed E-state index contributed by atoms with van der Waals surface area (Å²) in [7, 11) is 1.38. The molecule has 0 heterocycles. The molecule has 0 spiro atoms. The Bertz CT molecular complexity index is 877. The van der Waals surface area contributed by atoms with Crippen LogP contribution in [-0.4, -0.2) is 30.5 Å². The highest BCUT2D eigenvalue weighted by molar-refractivity contribution is 5.95. The molecule has 0 aromatic heterocycles. The molecule has 8 nitrogen and oxygen atoms in total. The van der Waals surface area contributed by atoms with E-state index in [1.807, 2.05) is 30.3 Å². The predicted molar refractivity (Wildman–Crippen MR) is 96.6 cm³/mol. The number of carbonyl (C=O) groups excluding carboxylic acids is 2. The maximum atomic E-state index is 12.4. The monoisotopic (exact) mass is 370 g/mol. The number of nitrogens with one attached hydrogen (secondary N) is 1. The molecule has 0 bridgehead atoms. The van der Waals surface area contributed by atoms with Crippen LogP contribution in [0.2, 0.25) is 0 Å². The largest absolute Gasteiger partial charge is 0.495 e. The number of benzene rings is 2. The van der Waals surface area contributed by atoms with Gasteiger partial charge in [-0.25, -0.2) is 0 Å². The lowest BCUT2D eigenvalue weighted by molar-refractivity contribution is -0.384. The van der Waals surface area contributed by atoms with Crippen LogP contribution in [0.1, 0.15) is 18.4 Å². The van der Waals surface area contributed by atoms with E-state index in [1.165, 1.54) is 25.3 Å². The number of amides is 1. The standard InChI is InChI=1S/C19H18N2O6/c1-26-16-8-7-14(21(24)25)11-15(16)20-17(22)12-27-18(23)19(9-10-19)13-5-3-2-4-6-13/h2-8,11H,9-10,12H2,1H3,(H,20,22). The third-order valence-corrected chi connectivity index (χ3v) is 4.47. The van der Waals surface area contributed by atoms with Gasteiger partial charge in [-0.3, -0.25) is 19.7 Å². The van der Waals surface area contributed by atoms with Crippen molar-refractivity contribution >= 4 is 23.3 Å². The van der Waals surface area contributed by atoms with E-state index in [0.29, 0.717) is 12.8 Å². The Balaban J connectivity index is 1.63. The summed E-state index contributed by atoms with van der Waals surface area (Å²) in [5, 5.41) is 13.4. The van der Waals surface area contributed by atoms with Crippen molar-refractivity contribution in [2.75, 3.05) is 19.0 Å². The lowest BCUT2D eigenvalue weighted by Gasteiger charge is -2.15. The number of methoxy groups -OCH3 is 1. The zero-order valence-electron chi connectivity index (χ0n) is 14.6. The topological polar surface area (TPSA) is 108 Å². The Morgan fingerprint density at radius 2 is 1.89 bits per heavy atom. The summed E-state index contributed by atoms with van der Waals surface area (Å²) in [5.41, 5.74) is 0.141. The number of carbonyl (C=O) groups is 2. The van der Waals surface area contributed by atoms with Gasteiger partial charge in [0.05, 0.1) is 23.1 Å². The summed E-state index contributed by atoms with van der Waals surface area (Å²) in [6, 6.07) is 13.1. The van der Waals surface area contributed by atoms with E-state index < -0.39 is 28.8 Å². The van der Waals surface area contributed by atoms with Gasteiger partial charge in [0.25, 0.3) is 11.6 Å². The average Bonchev–Trinajstić information content (AvgIpc) is 3.49. The van der Waals surface area contributed by atoms with E-state index in [9.17, 15) is 19.7 Å². The van der Waals surface area contributed by atoms with Gasteiger partial charge in [0.15, 0.2) is 6.61 Å². The van der Waals surface area contributed by atoms with Crippen molar-refractivity contribution in [1.82, 2.24) is 0 Å². The zero-order chi connectivity index (χ0) is 19.4. The first-order valence-corrected chi connectivity index (χ1v) is 8.31. The van der Waals surface area contributed by atoms with Gasteiger partial charge in [-0.1, -0.05) is 30.3 Å². The Labute approximate surface area is 155 Å². The Morgan fingerprint density at radius 3 is 2.48 bits per heavy atom. The molecule has 2 aromatic carbocycles. The Kier molecular flexibility index (Phi) is 5.07.